The molecule has 5 heteroatoms. The number of anilines is 1. The number of nitrogens with two attached hydrogens (primary N) is 1. The predicted molar refractivity (Wildman–Crippen MR) is 109 cm³/mol. The molecule has 1 fully saturated rings. The van der Waals surface area contributed by atoms with E-state index in [4.69, 9.17) is 15.1 Å². The van der Waals surface area contributed by atoms with Crippen molar-refractivity contribution in [3.05, 3.63) is 47.8 Å². The van der Waals surface area contributed by atoms with Gasteiger partial charge in [-0.05, 0) is 31.9 Å². The topological polar surface area (TPSA) is 55.3 Å². The summed E-state index contributed by atoms with van der Waals surface area (Å²) in [7, 11) is 0. The molecule has 0 unspecified atom stereocenters. The van der Waals surface area contributed by atoms with Crippen molar-refractivity contribution in [1.29, 1.82) is 0 Å². The summed E-state index contributed by atoms with van der Waals surface area (Å²) in [4.78, 5) is 7.26. The number of furan rings is 1. The second kappa shape index (κ2) is 5.83. The number of benzene rings is 2. The quantitative estimate of drug-likeness (QED) is 0.543. The number of piperidine rings is 1. The second-order valence-electron chi connectivity index (χ2n) is 7.44. The molecule has 0 atom stereocenters. The number of hydrogen-bond acceptors (Lipinski definition) is 5. The highest BCUT2D eigenvalue weighted by Gasteiger charge is 2.27. The lowest BCUT2D eigenvalue weighted by Crippen LogP contribution is -2.48. The third kappa shape index (κ3) is 2.59. The highest BCUT2D eigenvalue weighted by Crippen LogP contribution is 2.37. The van der Waals surface area contributed by atoms with Crippen molar-refractivity contribution in [2.75, 3.05) is 18.0 Å². The second-order valence-corrected chi connectivity index (χ2v) is 8.27. The molecule has 0 aliphatic carbocycles. The van der Waals surface area contributed by atoms with Crippen LogP contribution in [0.1, 0.15) is 19.8 Å². The largest absolute Gasteiger partial charge is 0.455 e. The van der Waals surface area contributed by atoms with Gasteiger partial charge < -0.3 is 15.1 Å². The lowest BCUT2D eigenvalue weighted by atomic mass is 9.91. The molecule has 4 aromatic rings. The van der Waals surface area contributed by atoms with Crippen LogP contribution in [0.5, 0.6) is 0 Å². The molecule has 3 heterocycles. The summed E-state index contributed by atoms with van der Waals surface area (Å²) in [6.07, 6.45) is 2.00. The molecule has 132 valence electrons. The zero-order valence-electron chi connectivity index (χ0n) is 14.7. The van der Waals surface area contributed by atoms with E-state index in [0.717, 1.165) is 64.3 Å². The van der Waals surface area contributed by atoms with Crippen LogP contribution in [0.15, 0.2) is 52.3 Å². The molecule has 2 aromatic carbocycles. The molecule has 4 nitrogen and oxygen atoms in total. The molecule has 0 saturated carbocycles. The monoisotopic (exact) mass is 363 g/mol. The Kier molecular flexibility index (Phi) is 3.55. The van der Waals surface area contributed by atoms with Gasteiger partial charge in [0.15, 0.2) is 5.13 Å². The van der Waals surface area contributed by atoms with Crippen LogP contribution in [0.3, 0.4) is 0 Å². The van der Waals surface area contributed by atoms with Gasteiger partial charge in [0, 0.05) is 40.3 Å². The lowest BCUT2D eigenvalue weighted by molar-refractivity contribution is 0.364. The molecule has 1 saturated heterocycles. The van der Waals surface area contributed by atoms with Gasteiger partial charge in [-0.1, -0.05) is 30.3 Å². The maximum atomic E-state index is 6.26. The first-order valence-corrected chi connectivity index (χ1v) is 9.89. The van der Waals surface area contributed by atoms with E-state index in [0.29, 0.717) is 0 Å². The lowest BCUT2D eigenvalue weighted by Gasteiger charge is -2.36. The summed E-state index contributed by atoms with van der Waals surface area (Å²) in [5.41, 5.74) is 10.1. The first-order valence-electron chi connectivity index (χ1n) is 9.01. The van der Waals surface area contributed by atoms with Crippen LogP contribution < -0.4 is 10.6 Å². The Bertz CT molecular complexity index is 1080. The molecule has 0 amide bonds. The van der Waals surface area contributed by atoms with Gasteiger partial charge in [0.1, 0.15) is 11.2 Å². The first-order chi connectivity index (χ1) is 12.6. The number of fused-ring (bicyclic) bond motifs is 3. The smallest absolute Gasteiger partial charge is 0.185 e. The zero-order valence-corrected chi connectivity index (χ0v) is 15.6. The average Bonchev–Trinajstić information content (AvgIpc) is 3.26. The SMILES string of the molecule is CC1(N)CCN(c2nc(-c3cccc4c3oc3ccccc34)cs2)CC1. The van der Waals surface area contributed by atoms with Crippen LogP contribution in [0, 0.1) is 0 Å². The van der Waals surface area contributed by atoms with Crippen molar-refractivity contribution in [3.8, 4) is 11.3 Å². The van der Waals surface area contributed by atoms with Crippen molar-refractivity contribution in [1.82, 2.24) is 4.98 Å². The van der Waals surface area contributed by atoms with E-state index >= 15 is 0 Å². The van der Waals surface area contributed by atoms with E-state index in [2.05, 4.69) is 41.5 Å². The van der Waals surface area contributed by atoms with E-state index in [-0.39, 0.29) is 5.54 Å². The fourth-order valence-corrected chi connectivity index (χ4v) is 4.57. The minimum atomic E-state index is -0.0452. The van der Waals surface area contributed by atoms with E-state index in [1.165, 1.54) is 0 Å². The Morgan fingerprint density at radius 2 is 1.85 bits per heavy atom. The standard InChI is InChI=1S/C21H21N3OS/c1-21(22)9-11-24(12-10-21)20-23-17(13-26-20)16-7-4-6-15-14-5-2-3-8-18(14)25-19(15)16/h2-8,13H,9-12,22H2,1H3. The molecule has 0 bridgehead atoms. The summed E-state index contributed by atoms with van der Waals surface area (Å²) in [6.45, 7) is 4.07. The van der Waals surface area contributed by atoms with E-state index < -0.39 is 0 Å². The number of aromatic nitrogens is 1. The fraction of sp³-hybridized carbons (Fsp3) is 0.286. The molecular weight excluding hydrogens is 342 g/mol. The molecule has 0 radical (unpaired) electrons. The average molecular weight is 363 g/mol. The Labute approximate surface area is 156 Å². The van der Waals surface area contributed by atoms with E-state index in [9.17, 15) is 0 Å². The number of rotatable bonds is 2. The predicted octanol–water partition coefficient (Wildman–Crippen LogP) is 5.03. The Balaban J connectivity index is 1.54. The van der Waals surface area contributed by atoms with Crippen molar-refractivity contribution in [3.63, 3.8) is 0 Å². The minimum absolute atomic E-state index is 0.0452. The number of para-hydroxylation sites is 2. The fourth-order valence-electron chi connectivity index (χ4n) is 3.69. The molecule has 1 aliphatic heterocycles. The summed E-state index contributed by atoms with van der Waals surface area (Å²) in [5.74, 6) is 0. The van der Waals surface area contributed by atoms with Gasteiger partial charge in [-0.2, -0.15) is 0 Å². The Morgan fingerprint density at radius 1 is 1.08 bits per heavy atom. The summed E-state index contributed by atoms with van der Waals surface area (Å²) in [5, 5.41) is 5.50. The normalized spacial score (nSPS) is 17.2. The Morgan fingerprint density at radius 3 is 2.69 bits per heavy atom. The van der Waals surface area contributed by atoms with Gasteiger partial charge >= 0.3 is 0 Å². The molecule has 0 spiro atoms. The van der Waals surface area contributed by atoms with Gasteiger partial charge in [0.2, 0.25) is 0 Å². The number of thiazole rings is 1. The van der Waals surface area contributed by atoms with Crippen LogP contribution in [-0.4, -0.2) is 23.6 Å². The minimum Gasteiger partial charge on any atom is -0.455 e. The van der Waals surface area contributed by atoms with Crippen molar-refractivity contribution < 1.29 is 4.42 Å². The maximum Gasteiger partial charge on any atom is 0.185 e. The van der Waals surface area contributed by atoms with Crippen LogP contribution in [0.25, 0.3) is 33.2 Å². The van der Waals surface area contributed by atoms with Gasteiger partial charge in [-0.25, -0.2) is 4.98 Å². The van der Waals surface area contributed by atoms with E-state index in [1.54, 1.807) is 11.3 Å². The van der Waals surface area contributed by atoms with Gasteiger partial charge in [0.25, 0.3) is 0 Å². The van der Waals surface area contributed by atoms with Gasteiger partial charge in [0.05, 0.1) is 5.69 Å². The Hall–Kier alpha value is -2.37. The summed E-state index contributed by atoms with van der Waals surface area (Å²) < 4.78 is 6.15. The number of hydrogen-bond donors (Lipinski definition) is 1. The number of nitrogens with zero attached hydrogens (tertiary/aromatic N) is 2. The highest BCUT2D eigenvalue weighted by atomic mass is 32.1. The van der Waals surface area contributed by atoms with Gasteiger partial charge in [-0.15, -0.1) is 11.3 Å². The third-order valence-corrected chi connectivity index (χ3v) is 6.25. The highest BCUT2D eigenvalue weighted by molar-refractivity contribution is 7.14. The molecule has 2 N–H and O–H groups in total. The van der Waals surface area contributed by atoms with Gasteiger partial charge in [-0.3, -0.25) is 0 Å². The van der Waals surface area contributed by atoms with Crippen LogP contribution in [0.2, 0.25) is 0 Å². The van der Waals surface area contributed by atoms with E-state index in [1.807, 2.05) is 18.2 Å². The third-order valence-electron chi connectivity index (χ3n) is 5.35. The van der Waals surface area contributed by atoms with Crippen molar-refractivity contribution in [2.45, 2.75) is 25.3 Å². The summed E-state index contributed by atoms with van der Waals surface area (Å²) in [6, 6.07) is 14.5. The molecule has 2 aromatic heterocycles. The van der Waals surface area contributed by atoms with Crippen LogP contribution in [-0.2, 0) is 0 Å². The maximum absolute atomic E-state index is 6.26. The van der Waals surface area contributed by atoms with Crippen LogP contribution in [0.4, 0.5) is 5.13 Å². The molecule has 26 heavy (non-hydrogen) atoms. The molecule has 1 aliphatic rings. The summed E-state index contributed by atoms with van der Waals surface area (Å²) >= 11 is 1.70. The molecule has 5 rings (SSSR count). The van der Waals surface area contributed by atoms with Crippen LogP contribution >= 0.6 is 11.3 Å². The van der Waals surface area contributed by atoms with Crippen molar-refractivity contribution in [2.24, 2.45) is 5.73 Å². The molecular formula is C21H21N3OS. The first kappa shape index (κ1) is 15.9. The zero-order chi connectivity index (χ0) is 17.7. The van der Waals surface area contributed by atoms with Crippen molar-refractivity contribution >= 4 is 38.4 Å².